The highest BCUT2D eigenvalue weighted by atomic mass is 35.5. The Morgan fingerprint density at radius 1 is 1.21 bits per heavy atom. The van der Waals surface area contributed by atoms with Crippen LogP contribution >= 0.6 is 23.5 Å². The Bertz CT molecular complexity index is 875. The van der Waals surface area contributed by atoms with Crippen LogP contribution < -0.4 is 4.72 Å². The number of pyridine rings is 1. The van der Waals surface area contributed by atoms with Crippen molar-refractivity contribution in [3.63, 3.8) is 0 Å². The highest BCUT2D eigenvalue weighted by molar-refractivity contribution is 8.01. The van der Waals surface area contributed by atoms with Crippen LogP contribution in [0.2, 0.25) is 5.02 Å². The molecule has 3 aromatic rings. The average Bonchev–Trinajstić information content (AvgIpc) is 3.13. The Kier molecular flexibility index (Phi) is 7.18. The molecule has 1 N–H and O–H groups in total. The van der Waals surface area contributed by atoms with Crippen LogP contribution in [0, 0.1) is 0 Å². The van der Waals surface area contributed by atoms with E-state index in [1.54, 1.807) is 43.8 Å². The maximum atomic E-state index is 5.87. The van der Waals surface area contributed by atoms with E-state index < -0.39 is 0 Å². The SMILES string of the molecule is COCCn1c(NSC(C)C(C)c2ncc(Cl)cn2)nnc1-c1cccnc1. The fraction of sp³-hybridized carbons (Fsp3) is 0.389. The number of rotatable bonds is 9. The topological polar surface area (TPSA) is 90.6 Å². The zero-order valence-corrected chi connectivity index (χ0v) is 17.5. The summed E-state index contributed by atoms with van der Waals surface area (Å²) in [6.07, 6.45) is 6.74. The molecule has 0 aliphatic heterocycles. The molecule has 3 rings (SSSR count). The van der Waals surface area contributed by atoms with Gasteiger partial charge in [0, 0.05) is 48.6 Å². The number of ether oxygens (including phenoxy) is 1. The molecule has 28 heavy (non-hydrogen) atoms. The fourth-order valence-corrected chi connectivity index (χ4v) is 3.36. The lowest BCUT2D eigenvalue weighted by Gasteiger charge is -2.19. The molecule has 0 radical (unpaired) electrons. The van der Waals surface area contributed by atoms with E-state index in [0.717, 1.165) is 17.2 Å². The molecule has 0 aliphatic rings. The quantitative estimate of drug-likeness (QED) is 0.525. The van der Waals surface area contributed by atoms with Crippen molar-refractivity contribution in [3.8, 4) is 11.4 Å². The number of halogens is 1. The first kappa shape index (κ1) is 20.5. The van der Waals surface area contributed by atoms with E-state index in [4.69, 9.17) is 16.3 Å². The Morgan fingerprint density at radius 3 is 2.68 bits per heavy atom. The molecule has 3 heterocycles. The van der Waals surface area contributed by atoms with Crippen molar-refractivity contribution in [1.29, 1.82) is 0 Å². The number of anilines is 1. The van der Waals surface area contributed by atoms with Gasteiger partial charge in [-0.05, 0) is 24.1 Å². The zero-order valence-electron chi connectivity index (χ0n) is 15.9. The summed E-state index contributed by atoms with van der Waals surface area (Å²) in [4.78, 5) is 12.8. The molecule has 148 valence electrons. The van der Waals surface area contributed by atoms with Gasteiger partial charge in [-0.1, -0.05) is 25.4 Å². The molecule has 0 saturated carbocycles. The van der Waals surface area contributed by atoms with E-state index in [0.29, 0.717) is 24.1 Å². The minimum Gasteiger partial charge on any atom is -0.383 e. The Balaban J connectivity index is 1.72. The molecule has 0 amide bonds. The number of hydrogen-bond donors (Lipinski definition) is 1. The van der Waals surface area contributed by atoms with Gasteiger partial charge in [0.25, 0.3) is 0 Å². The fourth-order valence-electron chi connectivity index (χ4n) is 2.50. The van der Waals surface area contributed by atoms with E-state index in [1.807, 2.05) is 16.7 Å². The monoisotopic (exact) mass is 419 g/mol. The van der Waals surface area contributed by atoms with E-state index in [2.05, 4.69) is 43.7 Å². The van der Waals surface area contributed by atoms with Crippen LogP contribution in [0.15, 0.2) is 36.9 Å². The summed E-state index contributed by atoms with van der Waals surface area (Å²) in [7, 11) is 1.67. The van der Waals surface area contributed by atoms with Crippen LogP contribution in [-0.2, 0) is 11.3 Å². The molecule has 2 atom stereocenters. The van der Waals surface area contributed by atoms with Crippen molar-refractivity contribution >= 4 is 29.5 Å². The normalized spacial score (nSPS) is 13.3. The number of aromatic nitrogens is 6. The summed E-state index contributed by atoms with van der Waals surface area (Å²) < 4.78 is 10.6. The van der Waals surface area contributed by atoms with E-state index in [-0.39, 0.29) is 11.2 Å². The van der Waals surface area contributed by atoms with Gasteiger partial charge in [-0.15, -0.1) is 10.2 Å². The lowest BCUT2D eigenvalue weighted by molar-refractivity contribution is 0.188. The summed E-state index contributed by atoms with van der Waals surface area (Å²) in [5, 5.41) is 9.36. The molecule has 0 saturated heterocycles. The highest BCUT2D eigenvalue weighted by Crippen LogP contribution is 2.28. The molecular weight excluding hydrogens is 398 g/mol. The smallest absolute Gasteiger partial charge is 0.234 e. The molecule has 0 bridgehead atoms. The van der Waals surface area contributed by atoms with Crippen molar-refractivity contribution < 1.29 is 4.74 Å². The van der Waals surface area contributed by atoms with Gasteiger partial charge in [-0.3, -0.25) is 14.3 Å². The highest BCUT2D eigenvalue weighted by Gasteiger charge is 2.20. The molecule has 0 aliphatic carbocycles. The maximum absolute atomic E-state index is 5.87. The second-order valence-corrected chi connectivity index (χ2v) is 7.83. The molecule has 2 unspecified atom stereocenters. The third-order valence-electron chi connectivity index (χ3n) is 4.28. The van der Waals surface area contributed by atoms with Gasteiger partial charge >= 0.3 is 0 Å². The molecular formula is C18H22ClN7OS. The molecule has 0 aromatic carbocycles. The largest absolute Gasteiger partial charge is 0.383 e. The second-order valence-electron chi connectivity index (χ2n) is 6.21. The lowest BCUT2D eigenvalue weighted by Crippen LogP contribution is -2.15. The zero-order chi connectivity index (χ0) is 19.9. The Labute approximate surface area is 173 Å². The molecule has 3 aromatic heterocycles. The first-order chi connectivity index (χ1) is 13.6. The molecule has 0 spiro atoms. The summed E-state index contributed by atoms with van der Waals surface area (Å²) in [6, 6.07) is 3.84. The predicted molar refractivity (Wildman–Crippen MR) is 111 cm³/mol. The van der Waals surface area contributed by atoms with Crippen LogP contribution in [0.5, 0.6) is 0 Å². The summed E-state index contributed by atoms with van der Waals surface area (Å²) >= 11 is 7.42. The van der Waals surface area contributed by atoms with Crippen LogP contribution in [0.3, 0.4) is 0 Å². The van der Waals surface area contributed by atoms with E-state index in [1.165, 1.54) is 0 Å². The van der Waals surface area contributed by atoms with Crippen molar-refractivity contribution in [2.24, 2.45) is 0 Å². The van der Waals surface area contributed by atoms with Gasteiger partial charge in [-0.2, -0.15) is 0 Å². The minimum atomic E-state index is 0.128. The van der Waals surface area contributed by atoms with E-state index >= 15 is 0 Å². The molecule has 0 fully saturated rings. The Hall–Kier alpha value is -2.23. The van der Waals surface area contributed by atoms with Crippen molar-refractivity contribution in [3.05, 3.63) is 47.8 Å². The number of hydrogen-bond acceptors (Lipinski definition) is 8. The maximum Gasteiger partial charge on any atom is 0.234 e. The van der Waals surface area contributed by atoms with Crippen molar-refractivity contribution in [2.45, 2.75) is 31.6 Å². The third kappa shape index (κ3) is 4.98. The molecule has 8 nitrogen and oxygen atoms in total. The van der Waals surface area contributed by atoms with Crippen molar-refractivity contribution in [1.82, 2.24) is 29.7 Å². The van der Waals surface area contributed by atoms with Gasteiger partial charge in [-0.25, -0.2) is 9.97 Å². The predicted octanol–water partition coefficient (Wildman–Crippen LogP) is 3.68. The summed E-state index contributed by atoms with van der Waals surface area (Å²) in [5.74, 6) is 2.29. The van der Waals surface area contributed by atoms with Gasteiger partial charge in [0.2, 0.25) is 5.95 Å². The number of methoxy groups -OCH3 is 1. The van der Waals surface area contributed by atoms with Crippen LogP contribution in [0.25, 0.3) is 11.4 Å². The number of nitrogens with one attached hydrogen (secondary N) is 1. The van der Waals surface area contributed by atoms with Gasteiger partial charge in [0.05, 0.1) is 18.2 Å². The van der Waals surface area contributed by atoms with Gasteiger partial charge < -0.3 is 4.74 Å². The van der Waals surface area contributed by atoms with Crippen LogP contribution in [0.1, 0.15) is 25.6 Å². The first-order valence-corrected chi connectivity index (χ1v) is 10.1. The summed E-state index contributed by atoms with van der Waals surface area (Å²) in [5.41, 5.74) is 0.903. The van der Waals surface area contributed by atoms with Gasteiger partial charge in [0.1, 0.15) is 5.82 Å². The number of nitrogens with zero attached hydrogens (tertiary/aromatic N) is 6. The van der Waals surface area contributed by atoms with Crippen LogP contribution in [0.4, 0.5) is 5.95 Å². The second kappa shape index (κ2) is 9.81. The molecule has 10 heteroatoms. The first-order valence-electron chi connectivity index (χ1n) is 8.81. The lowest BCUT2D eigenvalue weighted by atomic mass is 10.1. The minimum absolute atomic E-state index is 0.128. The Morgan fingerprint density at radius 2 is 2.00 bits per heavy atom. The standard InChI is InChI=1S/C18H22ClN7OS/c1-12(16-21-10-15(19)11-22-16)13(2)28-25-18-24-23-17(26(18)7-8-27-3)14-5-4-6-20-9-14/h4-6,9-13H,7-8H2,1-3H3,(H,24,25). The summed E-state index contributed by atoms with van der Waals surface area (Å²) in [6.45, 7) is 5.37. The van der Waals surface area contributed by atoms with Gasteiger partial charge in [0.15, 0.2) is 5.82 Å². The van der Waals surface area contributed by atoms with Crippen LogP contribution in [-0.4, -0.2) is 48.7 Å². The van der Waals surface area contributed by atoms with E-state index in [9.17, 15) is 0 Å². The third-order valence-corrected chi connectivity index (χ3v) is 5.55. The average molecular weight is 420 g/mol. The van der Waals surface area contributed by atoms with Crippen molar-refractivity contribution in [2.75, 3.05) is 18.4 Å².